The molecule has 0 aliphatic carbocycles. The van der Waals surface area contributed by atoms with Crippen LogP contribution in [0.25, 0.3) is 0 Å². The van der Waals surface area contributed by atoms with Crippen LogP contribution in [0.15, 0.2) is 67.6 Å². The van der Waals surface area contributed by atoms with Crippen molar-refractivity contribution in [2.75, 3.05) is 151 Å². The number of ether oxygens (including phenoxy) is 6. The first-order valence-corrected chi connectivity index (χ1v) is 20.9. The third-order valence-electron chi connectivity index (χ3n) is 8.63. The molecule has 0 spiro atoms. The third kappa shape index (κ3) is 24.5. The fourth-order valence-corrected chi connectivity index (χ4v) is 5.42. The van der Waals surface area contributed by atoms with E-state index >= 15 is 0 Å². The number of piperidine rings is 1. The van der Waals surface area contributed by atoms with Gasteiger partial charge in [0.2, 0.25) is 0 Å². The molecule has 8 N–H and O–H groups in total. The highest BCUT2D eigenvalue weighted by atomic mass is 35.5. The van der Waals surface area contributed by atoms with E-state index in [1.54, 1.807) is 62.5 Å². The Morgan fingerprint density at radius 3 is 1.74 bits per heavy atom. The van der Waals surface area contributed by atoms with Crippen LogP contribution in [0.4, 0.5) is 22.7 Å². The Morgan fingerprint density at radius 1 is 0.645 bits per heavy atom. The van der Waals surface area contributed by atoms with Crippen molar-refractivity contribution in [3.05, 3.63) is 72.8 Å². The molecule has 62 heavy (non-hydrogen) atoms. The van der Waals surface area contributed by atoms with E-state index in [0.29, 0.717) is 72.4 Å². The van der Waals surface area contributed by atoms with E-state index in [1.165, 1.54) is 6.20 Å². The molecule has 1 fully saturated rings. The van der Waals surface area contributed by atoms with E-state index in [0.717, 1.165) is 76.6 Å². The SMILES string of the molecule is CN(C)CCCOc1ccncc1N.CN(C)CCOCCOc1ccncc1N.CN(C)CCOc1cc(Cl)ncc1N.COCCN1CCC[C@@H](Oc2ccncc2N)C1. The van der Waals surface area contributed by atoms with Crippen LogP contribution in [0, 0.1) is 0 Å². The Morgan fingerprint density at radius 2 is 1.18 bits per heavy atom. The predicted octanol–water partition coefficient (Wildman–Crippen LogP) is 4.03. The highest BCUT2D eigenvalue weighted by Crippen LogP contribution is 2.24. The van der Waals surface area contributed by atoms with E-state index in [2.05, 4.69) is 34.6 Å². The van der Waals surface area contributed by atoms with Crippen molar-refractivity contribution in [3.8, 4) is 23.0 Å². The second-order valence-electron chi connectivity index (χ2n) is 14.9. The van der Waals surface area contributed by atoms with Crippen LogP contribution in [0.3, 0.4) is 0 Å². The molecule has 5 heterocycles. The number of nitrogens with zero attached hydrogens (tertiary/aromatic N) is 8. The quantitative estimate of drug-likeness (QED) is 0.0685. The van der Waals surface area contributed by atoms with Crippen LogP contribution in [0.2, 0.25) is 5.15 Å². The number of rotatable bonds is 21. The maximum Gasteiger partial charge on any atom is 0.146 e. The number of methoxy groups -OCH3 is 1. The van der Waals surface area contributed by atoms with Gasteiger partial charge >= 0.3 is 0 Å². The molecule has 1 atom stereocenters. The van der Waals surface area contributed by atoms with Gasteiger partial charge in [-0.2, -0.15) is 0 Å². The van der Waals surface area contributed by atoms with E-state index < -0.39 is 0 Å². The number of hydrogen-bond acceptors (Lipinski definition) is 18. The number of likely N-dealkylation sites (tertiary alicyclic amines) is 1. The van der Waals surface area contributed by atoms with Gasteiger partial charge in [0.05, 0.1) is 74.0 Å². The molecule has 0 bridgehead atoms. The fourth-order valence-electron chi connectivity index (χ4n) is 5.27. The normalized spacial score (nSPS) is 13.6. The zero-order valence-corrected chi connectivity index (χ0v) is 38.5. The summed E-state index contributed by atoms with van der Waals surface area (Å²) in [7, 11) is 13.8. The van der Waals surface area contributed by atoms with Crippen molar-refractivity contribution in [3.63, 3.8) is 0 Å². The molecule has 19 heteroatoms. The summed E-state index contributed by atoms with van der Waals surface area (Å²) < 4.78 is 32.8. The second-order valence-corrected chi connectivity index (χ2v) is 15.3. The summed E-state index contributed by atoms with van der Waals surface area (Å²) in [6, 6.07) is 6.97. The second kappa shape index (κ2) is 31.8. The molecule has 0 unspecified atom stereocenters. The van der Waals surface area contributed by atoms with E-state index in [-0.39, 0.29) is 6.10 Å². The van der Waals surface area contributed by atoms with Gasteiger partial charge in [0.25, 0.3) is 0 Å². The fraction of sp³-hybridized carbons (Fsp3) is 0.535. The van der Waals surface area contributed by atoms with Gasteiger partial charge in [0.15, 0.2) is 0 Å². The Balaban J connectivity index is 0.000000286. The van der Waals surface area contributed by atoms with E-state index in [4.69, 9.17) is 63.0 Å². The summed E-state index contributed by atoms with van der Waals surface area (Å²) >= 11 is 5.70. The van der Waals surface area contributed by atoms with Crippen molar-refractivity contribution < 1.29 is 28.4 Å². The van der Waals surface area contributed by atoms with Crippen LogP contribution < -0.4 is 41.9 Å². The summed E-state index contributed by atoms with van der Waals surface area (Å²) in [6.07, 6.45) is 14.8. The molecule has 1 saturated heterocycles. The van der Waals surface area contributed by atoms with Gasteiger partial charge in [-0.3, -0.25) is 19.9 Å². The lowest BCUT2D eigenvalue weighted by molar-refractivity contribution is 0.0686. The Kier molecular flexibility index (Phi) is 27.3. The molecule has 1 aliphatic rings. The monoisotopic (exact) mass is 887 g/mol. The molecular formula is C43H71ClN12O6. The topological polar surface area (TPSA) is 224 Å². The molecule has 18 nitrogen and oxygen atoms in total. The lowest BCUT2D eigenvalue weighted by Crippen LogP contribution is -2.42. The molecule has 4 aromatic rings. The summed E-state index contributed by atoms with van der Waals surface area (Å²) in [5.74, 6) is 2.71. The minimum absolute atomic E-state index is 0.209. The zero-order chi connectivity index (χ0) is 45.5. The smallest absolute Gasteiger partial charge is 0.146 e. The zero-order valence-electron chi connectivity index (χ0n) is 37.7. The van der Waals surface area contributed by atoms with Crippen molar-refractivity contribution in [2.24, 2.45) is 0 Å². The number of nitrogens with two attached hydrogens (primary N) is 4. The van der Waals surface area contributed by atoms with Crippen molar-refractivity contribution >= 4 is 34.4 Å². The first kappa shape index (κ1) is 53.2. The van der Waals surface area contributed by atoms with Gasteiger partial charge in [-0.05, 0) is 68.1 Å². The molecule has 0 saturated carbocycles. The van der Waals surface area contributed by atoms with Crippen LogP contribution in [-0.2, 0) is 9.47 Å². The van der Waals surface area contributed by atoms with Gasteiger partial charge in [0, 0.05) is 82.7 Å². The first-order chi connectivity index (χ1) is 29.8. The van der Waals surface area contributed by atoms with Gasteiger partial charge in [-0.15, -0.1) is 0 Å². The van der Waals surface area contributed by atoms with E-state index in [1.807, 2.05) is 53.3 Å². The van der Waals surface area contributed by atoms with Crippen LogP contribution in [0.5, 0.6) is 23.0 Å². The molecule has 346 valence electrons. The average molecular weight is 888 g/mol. The molecule has 5 rings (SSSR count). The molecular weight excluding hydrogens is 816 g/mol. The summed E-state index contributed by atoms with van der Waals surface area (Å²) in [5.41, 5.74) is 25.1. The van der Waals surface area contributed by atoms with Gasteiger partial charge in [0.1, 0.15) is 47.5 Å². The lowest BCUT2D eigenvalue weighted by Gasteiger charge is -2.32. The Labute approximate surface area is 373 Å². The Bertz CT molecular complexity index is 1760. The molecule has 0 radical (unpaired) electrons. The minimum Gasteiger partial charge on any atom is -0.491 e. The third-order valence-corrected chi connectivity index (χ3v) is 8.84. The number of pyridine rings is 4. The minimum atomic E-state index is 0.209. The number of aromatic nitrogens is 4. The maximum atomic E-state index is 5.95. The standard InChI is InChI=1S/C13H21N3O2.C11H19N3O2.C10H17N3O.C9H14ClN3O/c1-17-8-7-16-6-2-3-11(10-16)18-13-4-5-15-9-12(13)14;1-14(2)5-6-15-7-8-16-11-3-4-13-9-10(11)12;1-13(2)6-3-7-14-10-4-5-12-8-9(10)11;1-13(2)3-4-14-8-5-9(10)12-6-7(8)11/h4-5,9,11H,2-3,6-8,10,14H2,1H3;3-4,9H,5-8,12H2,1-2H3;4-5,8H,3,6-7,11H2,1-2H3;5-6H,3-4,11H2,1-2H3/t11-;;;/m1.../s1. The number of halogens is 1. The van der Waals surface area contributed by atoms with Crippen LogP contribution in [-0.4, -0.2) is 174 Å². The van der Waals surface area contributed by atoms with Gasteiger partial charge in [-0.25, -0.2) is 4.98 Å². The summed E-state index contributed by atoms with van der Waals surface area (Å²) in [4.78, 5) is 24.2. The lowest BCUT2D eigenvalue weighted by atomic mass is 10.1. The van der Waals surface area contributed by atoms with E-state index in [9.17, 15) is 0 Å². The molecule has 0 amide bonds. The molecule has 0 aromatic carbocycles. The number of hydrogen-bond donors (Lipinski definition) is 4. The van der Waals surface area contributed by atoms with Crippen molar-refractivity contribution in [1.29, 1.82) is 0 Å². The van der Waals surface area contributed by atoms with Crippen molar-refractivity contribution in [1.82, 2.24) is 39.5 Å². The van der Waals surface area contributed by atoms with Gasteiger partial charge in [-0.1, -0.05) is 11.6 Å². The largest absolute Gasteiger partial charge is 0.491 e. The van der Waals surface area contributed by atoms with Crippen LogP contribution >= 0.6 is 11.6 Å². The average Bonchev–Trinajstić information content (AvgIpc) is 3.24. The first-order valence-electron chi connectivity index (χ1n) is 20.6. The van der Waals surface area contributed by atoms with Gasteiger partial charge < -0.3 is 66.1 Å². The van der Waals surface area contributed by atoms with Crippen LogP contribution in [0.1, 0.15) is 19.3 Å². The summed E-state index contributed by atoms with van der Waals surface area (Å²) in [6.45, 7) is 9.59. The number of nitrogen functional groups attached to an aromatic ring is 4. The molecule has 1 aliphatic heterocycles. The van der Waals surface area contributed by atoms with Crippen molar-refractivity contribution in [2.45, 2.75) is 25.4 Å². The predicted molar refractivity (Wildman–Crippen MR) is 249 cm³/mol. The summed E-state index contributed by atoms with van der Waals surface area (Å²) in [5, 5.41) is 0.388. The highest BCUT2D eigenvalue weighted by molar-refractivity contribution is 6.29. The maximum absolute atomic E-state index is 5.95. The number of anilines is 4. The Hall–Kier alpha value is -4.95. The highest BCUT2D eigenvalue weighted by Gasteiger charge is 2.21. The number of likely N-dealkylation sites (N-methyl/N-ethyl adjacent to an activating group) is 2. The molecule has 4 aromatic heterocycles.